The summed E-state index contributed by atoms with van der Waals surface area (Å²) < 4.78 is 131. The van der Waals surface area contributed by atoms with Gasteiger partial charge in [0.2, 0.25) is 0 Å². The molecule has 0 aliphatic rings. The Balaban J connectivity index is 4.92. The minimum absolute atomic E-state index is 0.457. The van der Waals surface area contributed by atoms with Crippen molar-refractivity contribution in [1.82, 2.24) is 0 Å². The van der Waals surface area contributed by atoms with E-state index in [-0.39, 0.29) is 0 Å². The van der Waals surface area contributed by atoms with Crippen LogP contribution in [-0.2, 0) is 22.8 Å². The van der Waals surface area contributed by atoms with Gasteiger partial charge < -0.3 is 18.0 Å². The average Bonchev–Trinajstić information content (AvgIpc) is 2.39. The molecule has 0 spiro atoms. The van der Waals surface area contributed by atoms with Crippen LogP contribution in [0.1, 0.15) is 0 Å². The smallest absolute Gasteiger partial charge is 0.373 e. The molecule has 0 fully saturated rings. The van der Waals surface area contributed by atoms with Gasteiger partial charge in [0, 0.05) is 14.2 Å². The van der Waals surface area contributed by atoms with Crippen molar-refractivity contribution in [2.75, 3.05) is 27.8 Å². The van der Waals surface area contributed by atoms with Gasteiger partial charge in [0.15, 0.2) is 6.79 Å². The van der Waals surface area contributed by atoms with Crippen molar-refractivity contribution in [3.63, 3.8) is 0 Å². The molecule has 0 aromatic carbocycles. The fourth-order valence-electron chi connectivity index (χ4n) is 1.19. The molecule has 0 N–H and O–H groups in total. The van der Waals surface area contributed by atoms with Crippen molar-refractivity contribution in [1.29, 1.82) is 0 Å². The van der Waals surface area contributed by atoms with Gasteiger partial charge in [-0.1, -0.05) is 0 Å². The fraction of sp³-hybridized carbons (Fsp3) is 1.00. The van der Waals surface area contributed by atoms with Gasteiger partial charge in [-0.15, -0.1) is 13.2 Å². The second kappa shape index (κ2) is 7.97. The monoisotopic (exact) mass is 386 g/mol. The van der Waals surface area contributed by atoms with E-state index in [1.807, 2.05) is 0 Å². The second-order valence-electron chi connectivity index (χ2n) is 3.67. The molecular formula is C8H11F9O5Si. The van der Waals surface area contributed by atoms with E-state index in [4.69, 9.17) is 0 Å². The quantitative estimate of drug-likeness (QED) is 0.264. The van der Waals surface area contributed by atoms with Crippen molar-refractivity contribution in [2.24, 2.45) is 0 Å². The molecule has 0 saturated carbocycles. The van der Waals surface area contributed by atoms with Gasteiger partial charge in [0.05, 0.1) is 0 Å². The summed E-state index contributed by atoms with van der Waals surface area (Å²) in [7, 11) is -4.72. The van der Waals surface area contributed by atoms with Crippen LogP contribution in [0, 0.1) is 0 Å². The lowest BCUT2D eigenvalue weighted by Crippen LogP contribution is -2.66. The van der Waals surface area contributed by atoms with Crippen LogP contribution < -0.4 is 0 Å². The number of ether oxygens (including phenoxy) is 2. The topological polar surface area (TPSA) is 46.2 Å². The zero-order chi connectivity index (χ0) is 18.5. The van der Waals surface area contributed by atoms with Crippen molar-refractivity contribution < 1.29 is 62.3 Å². The van der Waals surface area contributed by atoms with Crippen molar-refractivity contribution in [3.05, 3.63) is 0 Å². The third-order valence-electron chi connectivity index (χ3n) is 2.19. The van der Waals surface area contributed by atoms with Gasteiger partial charge in [-0.05, 0) is 0 Å². The molecular weight excluding hydrogens is 375 g/mol. The SMILES string of the molecule is CO[Si](OC)(OCOCOC(F)(F)F)C(F)(F)C(F)C(F)(F)F. The fourth-order valence-corrected chi connectivity index (χ4v) is 3.04. The maximum absolute atomic E-state index is 13.7. The van der Waals surface area contributed by atoms with Gasteiger partial charge in [-0.25, -0.2) is 4.39 Å². The molecule has 5 nitrogen and oxygen atoms in total. The molecule has 0 aromatic heterocycles. The average molecular weight is 386 g/mol. The van der Waals surface area contributed by atoms with E-state index in [0.717, 1.165) is 0 Å². The van der Waals surface area contributed by atoms with Crippen LogP contribution in [0.5, 0.6) is 0 Å². The molecule has 0 aliphatic carbocycles. The zero-order valence-electron chi connectivity index (χ0n) is 11.4. The van der Waals surface area contributed by atoms with E-state index in [1.165, 1.54) is 0 Å². The lowest BCUT2D eigenvalue weighted by molar-refractivity contribution is -0.354. The first-order valence-electron chi connectivity index (χ1n) is 5.35. The highest BCUT2D eigenvalue weighted by Gasteiger charge is 2.74. The van der Waals surface area contributed by atoms with Crippen LogP contribution >= 0.6 is 0 Å². The van der Waals surface area contributed by atoms with Crippen LogP contribution in [0.4, 0.5) is 39.5 Å². The minimum atomic E-state index is -5.96. The maximum Gasteiger partial charge on any atom is 0.579 e. The molecule has 0 amide bonds. The standard InChI is InChI=1S/C8H11F9O5Si/c1-18-23(19-2,7(13,14)5(9)6(10,11)12)22-4-20-3-21-8(15,16)17/h5H,3-4H2,1-2H3. The summed E-state index contributed by atoms with van der Waals surface area (Å²) in [6.07, 6.45) is -15.7. The molecule has 0 saturated heterocycles. The lowest BCUT2D eigenvalue weighted by atomic mass is 10.4. The van der Waals surface area contributed by atoms with E-state index in [9.17, 15) is 39.5 Å². The molecule has 0 aromatic rings. The normalized spacial score (nSPS) is 15.8. The Kier molecular flexibility index (Phi) is 7.76. The summed E-state index contributed by atoms with van der Waals surface area (Å²) in [5.74, 6) is 0. The van der Waals surface area contributed by atoms with E-state index < -0.39 is 46.6 Å². The van der Waals surface area contributed by atoms with Crippen LogP contribution in [0.15, 0.2) is 0 Å². The van der Waals surface area contributed by atoms with Gasteiger partial charge >= 0.3 is 26.9 Å². The van der Waals surface area contributed by atoms with Crippen molar-refractivity contribution in [2.45, 2.75) is 24.3 Å². The van der Waals surface area contributed by atoms with Crippen molar-refractivity contribution in [3.8, 4) is 0 Å². The molecule has 1 atom stereocenters. The van der Waals surface area contributed by atoms with Gasteiger partial charge in [0.25, 0.3) is 6.17 Å². The van der Waals surface area contributed by atoms with E-state index >= 15 is 0 Å². The van der Waals surface area contributed by atoms with Crippen LogP contribution in [0.25, 0.3) is 0 Å². The minimum Gasteiger partial charge on any atom is -0.373 e. The van der Waals surface area contributed by atoms with E-state index in [2.05, 4.69) is 22.8 Å². The summed E-state index contributed by atoms with van der Waals surface area (Å²) in [5, 5.41) is 0. The largest absolute Gasteiger partial charge is 0.579 e. The molecule has 0 bridgehead atoms. The summed E-state index contributed by atoms with van der Waals surface area (Å²) in [6.45, 7) is -2.94. The number of hydrogen-bond acceptors (Lipinski definition) is 5. The van der Waals surface area contributed by atoms with Crippen LogP contribution in [-0.4, -0.2) is 60.9 Å². The summed E-state index contributed by atoms with van der Waals surface area (Å²) in [6, 6.07) is 0. The second-order valence-corrected chi connectivity index (χ2v) is 6.55. The molecule has 0 aliphatic heterocycles. The highest BCUT2D eigenvalue weighted by atomic mass is 28.4. The third-order valence-corrected chi connectivity index (χ3v) is 4.83. The summed E-state index contributed by atoms with van der Waals surface area (Å²) in [5.41, 5.74) is -5.27. The van der Waals surface area contributed by atoms with Gasteiger partial charge in [0.1, 0.15) is 6.79 Å². The van der Waals surface area contributed by atoms with Gasteiger partial charge in [-0.3, -0.25) is 4.74 Å². The Morgan fingerprint density at radius 1 is 0.870 bits per heavy atom. The Bertz CT molecular complexity index is 357. The molecule has 0 heterocycles. The van der Waals surface area contributed by atoms with E-state index in [0.29, 0.717) is 14.2 Å². The highest BCUT2D eigenvalue weighted by Crippen LogP contribution is 2.41. The first-order valence-corrected chi connectivity index (χ1v) is 7.07. The molecule has 15 heteroatoms. The Morgan fingerprint density at radius 3 is 1.70 bits per heavy atom. The first kappa shape index (κ1) is 22.4. The third kappa shape index (κ3) is 6.07. The highest BCUT2D eigenvalue weighted by molar-refractivity contribution is 6.63. The number of rotatable bonds is 9. The van der Waals surface area contributed by atoms with Crippen LogP contribution in [0.2, 0.25) is 0 Å². The maximum atomic E-state index is 13.7. The molecule has 0 rings (SSSR count). The van der Waals surface area contributed by atoms with E-state index in [1.54, 1.807) is 0 Å². The number of halogens is 9. The summed E-state index contributed by atoms with van der Waals surface area (Å²) >= 11 is 0. The van der Waals surface area contributed by atoms with Crippen molar-refractivity contribution >= 4 is 8.80 Å². The number of hydrogen-bond donors (Lipinski definition) is 0. The van der Waals surface area contributed by atoms with Gasteiger partial charge in [-0.2, -0.15) is 22.0 Å². The Morgan fingerprint density at radius 2 is 1.35 bits per heavy atom. The molecule has 23 heavy (non-hydrogen) atoms. The molecule has 1 unspecified atom stereocenters. The predicted octanol–water partition coefficient (Wildman–Crippen LogP) is 2.78. The lowest BCUT2D eigenvalue weighted by Gasteiger charge is -2.34. The molecule has 140 valence electrons. The zero-order valence-corrected chi connectivity index (χ0v) is 12.4. The first-order chi connectivity index (χ1) is 10.2. The Hall–Kier alpha value is -0.613. The summed E-state index contributed by atoms with van der Waals surface area (Å²) in [4.78, 5) is 0. The number of alkyl halides is 9. The predicted molar refractivity (Wildman–Crippen MR) is 54.7 cm³/mol. The van der Waals surface area contributed by atoms with Crippen LogP contribution in [0.3, 0.4) is 0 Å². The molecule has 0 radical (unpaired) electrons. The Labute approximate surface area is 124 Å².